The van der Waals surface area contributed by atoms with E-state index in [1.54, 1.807) is 4.90 Å². The Hall–Kier alpha value is -1.44. The van der Waals surface area contributed by atoms with Crippen LogP contribution < -0.4 is 5.32 Å². The van der Waals surface area contributed by atoms with E-state index < -0.39 is 10.0 Å². The van der Waals surface area contributed by atoms with Gasteiger partial charge in [-0.15, -0.1) is 0 Å². The van der Waals surface area contributed by atoms with Gasteiger partial charge in [0.2, 0.25) is 10.0 Å². The molecule has 1 aromatic carbocycles. The predicted molar refractivity (Wildman–Crippen MR) is 93.6 cm³/mol. The molecular formula is C17H25N3O3S. The number of benzene rings is 1. The highest BCUT2D eigenvalue weighted by atomic mass is 32.2. The van der Waals surface area contributed by atoms with Crippen LogP contribution in [0.4, 0.5) is 0 Å². The van der Waals surface area contributed by atoms with E-state index in [0.717, 1.165) is 30.6 Å². The fourth-order valence-corrected chi connectivity index (χ4v) is 4.44. The van der Waals surface area contributed by atoms with Crippen molar-refractivity contribution in [2.75, 3.05) is 45.5 Å². The summed E-state index contributed by atoms with van der Waals surface area (Å²) in [4.78, 5) is 14.8. The van der Waals surface area contributed by atoms with Gasteiger partial charge in [0.05, 0.1) is 6.26 Å². The van der Waals surface area contributed by atoms with Gasteiger partial charge in [0.1, 0.15) is 0 Å². The van der Waals surface area contributed by atoms with Gasteiger partial charge in [-0.3, -0.25) is 4.79 Å². The van der Waals surface area contributed by atoms with Crippen molar-refractivity contribution in [3.8, 4) is 0 Å². The summed E-state index contributed by atoms with van der Waals surface area (Å²) in [5.74, 6) is 0.400. The van der Waals surface area contributed by atoms with Crippen molar-refractivity contribution < 1.29 is 13.2 Å². The summed E-state index contributed by atoms with van der Waals surface area (Å²) in [6.45, 7) is 3.80. The number of carbonyl (C=O) groups is 1. The number of rotatable bonds is 3. The summed E-state index contributed by atoms with van der Waals surface area (Å²) in [5, 5.41) is 3.35. The van der Waals surface area contributed by atoms with Crippen LogP contribution in [0.2, 0.25) is 0 Å². The summed E-state index contributed by atoms with van der Waals surface area (Å²) >= 11 is 0. The molecular weight excluding hydrogens is 326 g/mol. The lowest BCUT2D eigenvalue weighted by Gasteiger charge is -2.23. The Morgan fingerprint density at radius 3 is 2.67 bits per heavy atom. The summed E-state index contributed by atoms with van der Waals surface area (Å²) in [6.07, 6.45) is 2.95. The Bertz CT molecular complexity index is 699. The maximum absolute atomic E-state index is 13.0. The van der Waals surface area contributed by atoms with Gasteiger partial charge < -0.3 is 10.2 Å². The SMILES string of the molecule is CS(=O)(=O)N1CCCN(C(=O)c2ccccc2C2CCNC2)CC1. The van der Waals surface area contributed by atoms with Crippen molar-refractivity contribution in [3.63, 3.8) is 0 Å². The molecule has 1 unspecified atom stereocenters. The number of carbonyl (C=O) groups excluding carboxylic acids is 1. The molecule has 0 aliphatic carbocycles. The monoisotopic (exact) mass is 351 g/mol. The largest absolute Gasteiger partial charge is 0.337 e. The summed E-state index contributed by atoms with van der Waals surface area (Å²) in [7, 11) is -3.20. The molecule has 6 nitrogen and oxygen atoms in total. The molecule has 0 saturated carbocycles. The van der Waals surface area contributed by atoms with Gasteiger partial charge in [0.25, 0.3) is 5.91 Å². The molecule has 1 amide bonds. The molecule has 24 heavy (non-hydrogen) atoms. The minimum absolute atomic E-state index is 0.0212. The highest BCUT2D eigenvalue weighted by Crippen LogP contribution is 2.26. The zero-order valence-electron chi connectivity index (χ0n) is 14.1. The van der Waals surface area contributed by atoms with E-state index in [1.807, 2.05) is 24.3 Å². The van der Waals surface area contributed by atoms with E-state index in [9.17, 15) is 13.2 Å². The third-order valence-electron chi connectivity index (χ3n) is 4.90. The number of hydrogen-bond acceptors (Lipinski definition) is 4. The third-order valence-corrected chi connectivity index (χ3v) is 6.21. The highest BCUT2D eigenvalue weighted by Gasteiger charge is 2.27. The Kier molecular flexibility index (Phi) is 5.22. The van der Waals surface area contributed by atoms with Crippen molar-refractivity contribution in [2.24, 2.45) is 0 Å². The average Bonchev–Trinajstić information content (AvgIpc) is 2.96. The molecule has 0 spiro atoms. The summed E-state index contributed by atoms with van der Waals surface area (Å²) in [6, 6.07) is 7.83. The number of sulfonamides is 1. The Balaban J connectivity index is 1.77. The summed E-state index contributed by atoms with van der Waals surface area (Å²) in [5.41, 5.74) is 1.87. The molecule has 0 radical (unpaired) electrons. The molecule has 2 aliphatic heterocycles. The van der Waals surface area contributed by atoms with E-state index in [1.165, 1.54) is 10.6 Å². The third kappa shape index (κ3) is 3.79. The Labute approximate surface area is 143 Å². The van der Waals surface area contributed by atoms with E-state index in [0.29, 0.717) is 38.5 Å². The molecule has 2 fully saturated rings. The summed E-state index contributed by atoms with van der Waals surface area (Å²) < 4.78 is 24.9. The zero-order chi connectivity index (χ0) is 17.2. The van der Waals surface area contributed by atoms with Gasteiger partial charge in [-0.2, -0.15) is 0 Å². The fraction of sp³-hybridized carbons (Fsp3) is 0.588. The topological polar surface area (TPSA) is 69.7 Å². The number of nitrogens with zero attached hydrogens (tertiary/aromatic N) is 2. The van der Waals surface area contributed by atoms with Crippen LogP contribution in [0.1, 0.15) is 34.7 Å². The van der Waals surface area contributed by atoms with Gasteiger partial charge in [0, 0.05) is 38.3 Å². The average molecular weight is 351 g/mol. The molecule has 3 rings (SSSR count). The normalized spacial score (nSPS) is 23.2. The van der Waals surface area contributed by atoms with Crippen molar-refractivity contribution >= 4 is 15.9 Å². The number of hydrogen-bond donors (Lipinski definition) is 1. The maximum atomic E-state index is 13.0. The van der Waals surface area contributed by atoms with Crippen LogP contribution in [0, 0.1) is 0 Å². The molecule has 0 aromatic heterocycles. The lowest BCUT2D eigenvalue weighted by molar-refractivity contribution is 0.0762. The van der Waals surface area contributed by atoms with Crippen LogP contribution in [-0.4, -0.2) is 69.1 Å². The van der Waals surface area contributed by atoms with Crippen molar-refractivity contribution in [1.82, 2.24) is 14.5 Å². The van der Waals surface area contributed by atoms with Crippen molar-refractivity contribution in [2.45, 2.75) is 18.8 Å². The van der Waals surface area contributed by atoms with E-state index in [-0.39, 0.29) is 5.91 Å². The minimum Gasteiger partial charge on any atom is -0.337 e. The second-order valence-corrected chi connectivity index (χ2v) is 8.57. The van der Waals surface area contributed by atoms with E-state index in [4.69, 9.17) is 0 Å². The lowest BCUT2D eigenvalue weighted by Crippen LogP contribution is -2.37. The molecule has 1 aromatic rings. The van der Waals surface area contributed by atoms with Gasteiger partial charge in [0.15, 0.2) is 0 Å². The lowest BCUT2D eigenvalue weighted by atomic mass is 9.93. The van der Waals surface area contributed by atoms with Crippen LogP contribution in [0.15, 0.2) is 24.3 Å². The van der Waals surface area contributed by atoms with Gasteiger partial charge >= 0.3 is 0 Å². The first-order chi connectivity index (χ1) is 11.5. The van der Waals surface area contributed by atoms with Gasteiger partial charge in [-0.25, -0.2) is 12.7 Å². The van der Waals surface area contributed by atoms with E-state index >= 15 is 0 Å². The fourth-order valence-electron chi connectivity index (χ4n) is 3.57. The van der Waals surface area contributed by atoms with Crippen molar-refractivity contribution in [1.29, 1.82) is 0 Å². The first-order valence-electron chi connectivity index (χ1n) is 8.51. The van der Waals surface area contributed by atoms with Gasteiger partial charge in [-0.1, -0.05) is 18.2 Å². The molecule has 132 valence electrons. The molecule has 7 heteroatoms. The molecule has 2 saturated heterocycles. The predicted octanol–water partition coefficient (Wildman–Crippen LogP) is 0.871. The van der Waals surface area contributed by atoms with Crippen molar-refractivity contribution in [3.05, 3.63) is 35.4 Å². The standard InChI is InChI=1S/C17H25N3O3S/c1-24(22,23)20-10-4-9-19(11-12-20)17(21)16-6-3-2-5-15(16)14-7-8-18-13-14/h2-3,5-6,14,18H,4,7-13H2,1H3. The minimum atomic E-state index is -3.20. The zero-order valence-corrected chi connectivity index (χ0v) is 14.9. The first kappa shape index (κ1) is 17.4. The van der Waals surface area contributed by atoms with E-state index in [2.05, 4.69) is 5.32 Å². The molecule has 1 N–H and O–H groups in total. The number of amides is 1. The second-order valence-electron chi connectivity index (χ2n) is 6.58. The Morgan fingerprint density at radius 2 is 1.96 bits per heavy atom. The molecule has 2 aliphatic rings. The highest BCUT2D eigenvalue weighted by molar-refractivity contribution is 7.88. The van der Waals surface area contributed by atoms with Crippen LogP contribution >= 0.6 is 0 Å². The van der Waals surface area contributed by atoms with Crippen LogP contribution in [0.3, 0.4) is 0 Å². The van der Waals surface area contributed by atoms with Crippen LogP contribution in [0.25, 0.3) is 0 Å². The molecule has 0 bridgehead atoms. The number of nitrogens with one attached hydrogen (secondary N) is 1. The maximum Gasteiger partial charge on any atom is 0.254 e. The first-order valence-corrected chi connectivity index (χ1v) is 10.4. The molecule has 2 heterocycles. The second kappa shape index (κ2) is 7.21. The van der Waals surface area contributed by atoms with Gasteiger partial charge in [-0.05, 0) is 36.9 Å². The van der Waals surface area contributed by atoms with Crippen LogP contribution in [-0.2, 0) is 10.0 Å². The smallest absolute Gasteiger partial charge is 0.254 e. The quantitative estimate of drug-likeness (QED) is 0.877. The Morgan fingerprint density at radius 1 is 1.17 bits per heavy atom. The van der Waals surface area contributed by atoms with Crippen LogP contribution in [0.5, 0.6) is 0 Å². The molecule has 1 atom stereocenters.